The highest BCUT2D eigenvalue weighted by Gasteiger charge is 2.08. The van der Waals surface area contributed by atoms with Crippen molar-refractivity contribution in [1.82, 2.24) is 0 Å². The third kappa shape index (κ3) is 3.66. The van der Waals surface area contributed by atoms with Crippen molar-refractivity contribution in [2.24, 2.45) is 0 Å². The Morgan fingerprint density at radius 2 is 1.38 bits per heavy atom. The molecule has 0 aliphatic heterocycles. The third-order valence-electron chi connectivity index (χ3n) is 3.17. The minimum atomic E-state index is -0.392. The second-order valence-electron chi connectivity index (χ2n) is 4.62. The second kappa shape index (κ2) is 6.66. The first kappa shape index (κ1) is 14.7. The molecule has 106 valence electrons. The average molecular weight is 280 g/mol. The maximum atomic E-state index is 12.3. The topological polar surface area (TPSA) is 43.4 Å². The van der Waals surface area contributed by atoms with Crippen LogP contribution in [-0.4, -0.2) is 18.9 Å². The van der Waals surface area contributed by atoms with Gasteiger partial charge in [0.05, 0.1) is 7.11 Å². The Labute approximate surface area is 123 Å². The number of carbonyl (C=O) groups excluding carboxylic acids is 2. The van der Waals surface area contributed by atoms with E-state index in [4.69, 9.17) is 0 Å². The molecule has 21 heavy (non-hydrogen) atoms. The molecule has 0 atom stereocenters. The van der Waals surface area contributed by atoms with E-state index in [-0.39, 0.29) is 5.78 Å². The molecule has 0 aliphatic rings. The molecule has 0 fully saturated rings. The standard InChI is InChI=1S/C18H16O3/c1-13(12-17(19)21-2)14-8-10-16(11-9-14)18(20)15-6-4-3-5-7-15/h3-12H,1-2H3/b13-12+. The molecule has 0 radical (unpaired) electrons. The van der Waals surface area contributed by atoms with Gasteiger partial charge in [0.2, 0.25) is 0 Å². The summed E-state index contributed by atoms with van der Waals surface area (Å²) in [4.78, 5) is 23.5. The molecule has 3 nitrogen and oxygen atoms in total. The van der Waals surface area contributed by atoms with Gasteiger partial charge in [-0.3, -0.25) is 4.79 Å². The van der Waals surface area contributed by atoms with Gasteiger partial charge in [-0.25, -0.2) is 4.79 Å². The molecule has 2 aromatic rings. The predicted molar refractivity (Wildman–Crippen MR) is 82.0 cm³/mol. The van der Waals surface area contributed by atoms with Crippen molar-refractivity contribution in [3.63, 3.8) is 0 Å². The highest BCUT2D eigenvalue weighted by atomic mass is 16.5. The summed E-state index contributed by atoms with van der Waals surface area (Å²) in [5.41, 5.74) is 2.95. The molecular weight excluding hydrogens is 264 g/mol. The Balaban J connectivity index is 2.22. The molecule has 0 heterocycles. The van der Waals surface area contributed by atoms with E-state index in [9.17, 15) is 9.59 Å². The van der Waals surface area contributed by atoms with Crippen molar-refractivity contribution >= 4 is 17.3 Å². The van der Waals surface area contributed by atoms with Gasteiger partial charge in [0.1, 0.15) is 0 Å². The van der Waals surface area contributed by atoms with E-state index in [1.54, 1.807) is 24.3 Å². The molecule has 0 bridgehead atoms. The van der Waals surface area contributed by atoms with E-state index >= 15 is 0 Å². The van der Waals surface area contributed by atoms with Crippen LogP contribution in [0.25, 0.3) is 5.57 Å². The number of carbonyl (C=O) groups is 2. The highest BCUT2D eigenvalue weighted by molar-refractivity contribution is 6.09. The number of allylic oxidation sites excluding steroid dienone is 1. The number of ketones is 1. The van der Waals surface area contributed by atoms with Gasteiger partial charge < -0.3 is 4.74 Å². The van der Waals surface area contributed by atoms with Crippen LogP contribution in [0.15, 0.2) is 60.7 Å². The smallest absolute Gasteiger partial charge is 0.330 e. The number of hydrogen-bond donors (Lipinski definition) is 0. The maximum absolute atomic E-state index is 12.3. The van der Waals surface area contributed by atoms with Crippen molar-refractivity contribution in [3.05, 3.63) is 77.4 Å². The van der Waals surface area contributed by atoms with Gasteiger partial charge >= 0.3 is 5.97 Å². The molecule has 0 saturated carbocycles. The average Bonchev–Trinajstić information content (AvgIpc) is 2.55. The quantitative estimate of drug-likeness (QED) is 0.489. The second-order valence-corrected chi connectivity index (χ2v) is 4.62. The SMILES string of the molecule is COC(=O)/C=C(\C)c1ccc(C(=O)c2ccccc2)cc1. The molecule has 0 amide bonds. The minimum Gasteiger partial charge on any atom is -0.466 e. The van der Waals surface area contributed by atoms with Crippen molar-refractivity contribution in [2.45, 2.75) is 6.92 Å². The highest BCUT2D eigenvalue weighted by Crippen LogP contribution is 2.16. The Kier molecular flexibility index (Phi) is 4.67. The lowest BCUT2D eigenvalue weighted by atomic mass is 10.00. The van der Waals surface area contributed by atoms with Crippen LogP contribution >= 0.6 is 0 Å². The minimum absolute atomic E-state index is 0.0169. The lowest BCUT2D eigenvalue weighted by Crippen LogP contribution is -2.01. The number of rotatable bonds is 4. The van der Waals surface area contributed by atoms with Gasteiger partial charge in [-0.15, -0.1) is 0 Å². The van der Waals surface area contributed by atoms with Gasteiger partial charge in [-0.2, -0.15) is 0 Å². The summed E-state index contributed by atoms with van der Waals surface area (Å²) in [5, 5.41) is 0. The van der Waals surface area contributed by atoms with Gasteiger partial charge in [0.25, 0.3) is 0 Å². The van der Waals surface area contributed by atoms with Crippen LogP contribution in [0, 0.1) is 0 Å². The van der Waals surface area contributed by atoms with Crippen LogP contribution in [0.3, 0.4) is 0 Å². The zero-order valence-corrected chi connectivity index (χ0v) is 12.0. The van der Waals surface area contributed by atoms with Crippen molar-refractivity contribution in [3.8, 4) is 0 Å². The largest absolute Gasteiger partial charge is 0.466 e. The first-order valence-electron chi connectivity index (χ1n) is 6.58. The first-order valence-corrected chi connectivity index (χ1v) is 6.58. The van der Waals surface area contributed by atoms with E-state index in [0.717, 1.165) is 11.1 Å². The van der Waals surface area contributed by atoms with E-state index in [2.05, 4.69) is 4.74 Å². The molecule has 0 saturated heterocycles. The zero-order valence-electron chi connectivity index (χ0n) is 12.0. The fourth-order valence-electron chi connectivity index (χ4n) is 1.96. The maximum Gasteiger partial charge on any atom is 0.330 e. The first-order chi connectivity index (χ1) is 10.1. The fraction of sp³-hybridized carbons (Fsp3) is 0.111. The predicted octanol–water partition coefficient (Wildman–Crippen LogP) is 3.49. The lowest BCUT2D eigenvalue weighted by Gasteiger charge is -2.04. The molecule has 0 aromatic heterocycles. The summed E-state index contributed by atoms with van der Waals surface area (Å²) in [6.45, 7) is 1.82. The van der Waals surface area contributed by atoms with Crippen LogP contribution in [-0.2, 0) is 9.53 Å². The van der Waals surface area contributed by atoms with Crippen molar-refractivity contribution in [1.29, 1.82) is 0 Å². The number of ether oxygens (including phenoxy) is 1. The van der Waals surface area contributed by atoms with Gasteiger partial charge in [0.15, 0.2) is 5.78 Å². The Bertz CT molecular complexity index is 667. The van der Waals surface area contributed by atoms with Crippen LogP contribution in [0.1, 0.15) is 28.4 Å². The van der Waals surface area contributed by atoms with E-state index in [1.807, 2.05) is 37.3 Å². The molecular formula is C18H16O3. The normalized spacial score (nSPS) is 11.0. The molecule has 2 rings (SSSR count). The number of benzene rings is 2. The summed E-state index contributed by atoms with van der Waals surface area (Å²) in [5.74, 6) is -0.409. The summed E-state index contributed by atoms with van der Waals surface area (Å²) in [6.07, 6.45) is 1.42. The lowest BCUT2D eigenvalue weighted by molar-refractivity contribution is -0.134. The van der Waals surface area contributed by atoms with E-state index < -0.39 is 5.97 Å². The summed E-state index contributed by atoms with van der Waals surface area (Å²) in [6, 6.07) is 16.3. The van der Waals surface area contributed by atoms with Crippen molar-refractivity contribution < 1.29 is 14.3 Å². The summed E-state index contributed by atoms with van der Waals surface area (Å²) < 4.78 is 4.59. The fourth-order valence-corrected chi connectivity index (χ4v) is 1.96. The molecule has 0 aliphatic carbocycles. The van der Waals surface area contributed by atoms with Crippen LogP contribution in [0.4, 0.5) is 0 Å². The van der Waals surface area contributed by atoms with Gasteiger partial charge in [0, 0.05) is 17.2 Å². The van der Waals surface area contributed by atoms with Gasteiger partial charge in [-0.1, -0.05) is 54.6 Å². The Morgan fingerprint density at radius 3 is 1.95 bits per heavy atom. The summed E-state index contributed by atoms with van der Waals surface area (Å²) >= 11 is 0. The number of esters is 1. The van der Waals surface area contributed by atoms with Crippen LogP contribution in [0.2, 0.25) is 0 Å². The van der Waals surface area contributed by atoms with Gasteiger partial charge in [-0.05, 0) is 18.1 Å². The third-order valence-corrected chi connectivity index (χ3v) is 3.17. The van der Waals surface area contributed by atoms with Crippen molar-refractivity contribution in [2.75, 3.05) is 7.11 Å². The zero-order chi connectivity index (χ0) is 15.2. The Hall–Kier alpha value is -2.68. The number of methoxy groups -OCH3 is 1. The monoisotopic (exact) mass is 280 g/mol. The molecule has 0 N–H and O–H groups in total. The summed E-state index contributed by atoms with van der Waals surface area (Å²) in [7, 11) is 1.34. The molecule has 2 aromatic carbocycles. The number of hydrogen-bond acceptors (Lipinski definition) is 3. The molecule has 0 spiro atoms. The van der Waals surface area contributed by atoms with E-state index in [1.165, 1.54) is 13.2 Å². The van der Waals surface area contributed by atoms with E-state index in [0.29, 0.717) is 11.1 Å². The molecule has 0 unspecified atom stereocenters. The van der Waals surface area contributed by atoms with Crippen LogP contribution in [0.5, 0.6) is 0 Å². The van der Waals surface area contributed by atoms with Crippen LogP contribution < -0.4 is 0 Å². The molecule has 3 heteroatoms. The Morgan fingerprint density at radius 1 is 0.857 bits per heavy atom.